The fourth-order valence-corrected chi connectivity index (χ4v) is 2.22. The van der Waals surface area contributed by atoms with E-state index in [2.05, 4.69) is 9.97 Å². The van der Waals surface area contributed by atoms with Crippen LogP contribution in [-0.2, 0) is 0 Å². The van der Waals surface area contributed by atoms with Crippen LogP contribution < -0.4 is 19.9 Å². The van der Waals surface area contributed by atoms with E-state index in [4.69, 9.17) is 19.9 Å². The van der Waals surface area contributed by atoms with E-state index in [9.17, 15) is 0 Å². The third-order valence-electron chi connectivity index (χ3n) is 3.18. The topological polar surface area (TPSA) is 79.5 Å². The number of fused-ring (bicyclic) bond motifs is 2. The van der Waals surface area contributed by atoms with Crippen LogP contribution in [0.15, 0.2) is 42.7 Å². The lowest BCUT2D eigenvalue weighted by atomic mass is 10.1. The Bertz CT molecular complexity index is 818. The molecule has 1 aliphatic heterocycles. The molecule has 0 amide bonds. The fourth-order valence-electron chi connectivity index (χ4n) is 2.22. The minimum Gasteiger partial charge on any atom is -0.453 e. The second kappa shape index (κ2) is 4.52. The van der Waals surface area contributed by atoms with Crippen molar-refractivity contribution in [3.05, 3.63) is 42.7 Å². The third-order valence-corrected chi connectivity index (χ3v) is 3.18. The molecule has 0 bridgehead atoms. The largest absolute Gasteiger partial charge is 0.453 e. The van der Waals surface area contributed by atoms with Gasteiger partial charge in [0.05, 0.1) is 11.7 Å². The highest BCUT2D eigenvalue weighted by molar-refractivity contribution is 5.90. The number of nitrogen functional groups attached to an aromatic ring is 1. The van der Waals surface area contributed by atoms with Gasteiger partial charge in [-0.1, -0.05) is 0 Å². The van der Waals surface area contributed by atoms with Crippen LogP contribution >= 0.6 is 0 Å². The highest BCUT2D eigenvalue weighted by Gasteiger charge is 2.23. The first-order chi connectivity index (χ1) is 10.3. The quantitative estimate of drug-likeness (QED) is 0.778. The van der Waals surface area contributed by atoms with Crippen molar-refractivity contribution in [3.63, 3.8) is 0 Å². The Morgan fingerprint density at radius 1 is 1.14 bits per heavy atom. The molecule has 4 rings (SSSR count). The lowest BCUT2D eigenvalue weighted by Gasteiger charge is -2.11. The van der Waals surface area contributed by atoms with Crippen LogP contribution in [0.4, 0.5) is 5.82 Å². The van der Waals surface area contributed by atoms with Gasteiger partial charge in [0.1, 0.15) is 11.6 Å². The third kappa shape index (κ3) is 1.97. The van der Waals surface area contributed by atoms with E-state index in [1.165, 1.54) is 0 Å². The van der Waals surface area contributed by atoms with Crippen molar-refractivity contribution in [3.8, 4) is 23.0 Å². The summed E-state index contributed by atoms with van der Waals surface area (Å²) in [6.45, 7) is 0.169. The van der Waals surface area contributed by atoms with Gasteiger partial charge in [-0.25, -0.2) is 4.98 Å². The number of hydrogen-bond acceptors (Lipinski definition) is 6. The number of rotatable bonds is 2. The Kier molecular flexibility index (Phi) is 2.53. The molecule has 1 aromatic carbocycles. The van der Waals surface area contributed by atoms with Gasteiger partial charge in [0.15, 0.2) is 11.5 Å². The number of nitrogens with two attached hydrogens (primary N) is 1. The minimum absolute atomic E-state index is 0.169. The lowest BCUT2D eigenvalue weighted by molar-refractivity contribution is 0.172. The van der Waals surface area contributed by atoms with Gasteiger partial charge in [-0.15, -0.1) is 0 Å². The van der Waals surface area contributed by atoms with E-state index in [1.807, 2.05) is 18.2 Å². The molecule has 1 aliphatic rings. The van der Waals surface area contributed by atoms with Crippen LogP contribution in [0.3, 0.4) is 0 Å². The first-order valence-electron chi connectivity index (χ1n) is 6.38. The number of nitrogens with zero attached hydrogens (tertiary/aromatic N) is 2. The van der Waals surface area contributed by atoms with Gasteiger partial charge >= 0.3 is 0 Å². The number of anilines is 1. The molecule has 2 aromatic heterocycles. The van der Waals surface area contributed by atoms with Gasteiger partial charge in [0, 0.05) is 17.6 Å². The van der Waals surface area contributed by atoms with Gasteiger partial charge in [-0.2, -0.15) is 0 Å². The van der Waals surface area contributed by atoms with Crippen LogP contribution in [0.25, 0.3) is 10.9 Å². The zero-order valence-corrected chi connectivity index (χ0v) is 10.9. The highest BCUT2D eigenvalue weighted by Crippen LogP contribution is 2.47. The van der Waals surface area contributed by atoms with Crippen LogP contribution in [0.5, 0.6) is 23.0 Å². The summed E-state index contributed by atoms with van der Waals surface area (Å²) in [5.74, 6) is 2.77. The molecule has 0 radical (unpaired) electrons. The molecular weight excluding hydrogens is 270 g/mol. The normalized spacial score (nSPS) is 12.6. The van der Waals surface area contributed by atoms with Crippen molar-refractivity contribution in [1.29, 1.82) is 0 Å². The predicted octanol–water partition coefficient (Wildman–Crippen LogP) is 2.73. The number of ether oxygens (including phenoxy) is 3. The standard InChI is InChI=1S/C15H11N3O3/c16-13-4-3-9(7-18-13)21-14-10-2-1-5-17-11(10)6-12-15(14)20-8-19-12/h1-7H,8H2,(H2,16,18). The van der Waals surface area contributed by atoms with E-state index in [0.29, 0.717) is 28.8 Å². The number of benzene rings is 1. The maximum Gasteiger partial charge on any atom is 0.231 e. The smallest absolute Gasteiger partial charge is 0.231 e. The van der Waals surface area contributed by atoms with Gasteiger partial charge in [0.2, 0.25) is 12.5 Å². The minimum atomic E-state index is 0.169. The zero-order valence-electron chi connectivity index (χ0n) is 10.9. The van der Waals surface area contributed by atoms with Gasteiger partial charge in [0.25, 0.3) is 0 Å². The average molecular weight is 281 g/mol. The first kappa shape index (κ1) is 11.8. The van der Waals surface area contributed by atoms with E-state index in [1.54, 1.807) is 24.5 Å². The second-order valence-corrected chi connectivity index (χ2v) is 4.53. The molecule has 0 saturated heterocycles. The molecule has 2 N–H and O–H groups in total. The summed E-state index contributed by atoms with van der Waals surface area (Å²) in [5.41, 5.74) is 6.36. The molecule has 0 aliphatic carbocycles. The molecular formula is C15H11N3O3. The van der Waals surface area contributed by atoms with Crippen LogP contribution in [0.1, 0.15) is 0 Å². The Morgan fingerprint density at radius 2 is 2.10 bits per heavy atom. The summed E-state index contributed by atoms with van der Waals surface area (Å²) in [5, 5.41) is 0.846. The van der Waals surface area contributed by atoms with Gasteiger partial charge in [-0.05, 0) is 24.3 Å². The molecule has 3 heterocycles. The molecule has 0 saturated carbocycles. The van der Waals surface area contributed by atoms with Gasteiger partial charge in [-0.3, -0.25) is 4.98 Å². The Morgan fingerprint density at radius 3 is 2.95 bits per heavy atom. The fraction of sp³-hybridized carbons (Fsp3) is 0.0667. The monoisotopic (exact) mass is 281 g/mol. The maximum atomic E-state index is 5.93. The predicted molar refractivity (Wildman–Crippen MR) is 76.6 cm³/mol. The Balaban J connectivity index is 1.88. The Labute approximate surface area is 120 Å². The first-order valence-corrected chi connectivity index (χ1v) is 6.38. The average Bonchev–Trinajstić information content (AvgIpc) is 2.97. The maximum absolute atomic E-state index is 5.93. The van der Waals surface area contributed by atoms with Crippen molar-refractivity contribution in [1.82, 2.24) is 9.97 Å². The summed E-state index contributed by atoms with van der Waals surface area (Å²) >= 11 is 0. The van der Waals surface area contributed by atoms with Crippen molar-refractivity contribution >= 4 is 16.7 Å². The Hall–Kier alpha value is -3.02. The van der Waals surface area contributed by atoms with E-state index in [0.717, 1.165) is 10.9 Å². The summed E-state index contributed by atoms with van der Waals surface area (Å²) in [7, 11) is 0. The summed E-state index contributed by atoms with van der Waals surface area (Å²) in [6.07, 6.45) is 3.28. The van der Waals surface area contributed by atoms with Crippen LogP contribution in [-0.4, -0.2) is 16.8 Å². The van der Waals surface area contributed by atoms with Crippen molar-refractivity contribution < 1.29 is 14.2 Å². The second-order valence-electron chi connectivity index (χ2n) is 4.53. The zero-order chi connectivity index (χ0) is 14.2. The molecule has 0 unspecified atom stereocenters. The number of hydrogen-bond donors (Lipinski definition) is 1. The van der Waals surface area contributed by atoms with Crippen molar-refractivity contribution in [2.45, 2.75) is 0 Å². The molecule has 0 atom stereocenters. The molecule has 3 aromatic rings. The molecule has 21 heavy (non-hydrogen) atoms. The van der Waals surface area contributed by atoms with Crippen LogP contribution in [0, 0.1) is 0 Å². The number of pyridine rings is 2. The van der Waals surface area contributed by atoms with Crippen molar-refractivity contribution in [2.75, 3.05) is 12.5 Å². The van der Waals surface area contributed by atoms with Gasteiger partial charge < -0.3 is 19.9 Å². The SMILES string of the molecule is Nc1ccc(Oc2c3c(cc4ncccc24)OCO3)cn1. The molecule has 104 valence electrons. The lowest BCUT2D eigenvalue weighted by Crippen LogP contribution is -1.95. The van der Waals surface area contributed by atoms with Crippen LogP contribution in [0.2, 0.25) is 0 Å². The molecule has 6 heteroatoms. The van der Waals surface area contributed by atoms with E-state index < -0.39 is 0 Å². The summed E-state index contributed by atoms with van der Waals surface area (Å²) in [4.78, 5) is 8.34. The molecule has 0 fully saturated rings. The van der Waals surface area contributed by atoms with E-state index in [-0.39, 0.29) is 6.79 Å². The molecule has 0 spiro atoms. The molecule has 6 nitrogen and oxygen atoms in total. The van der Waals surface area contributed by atoms with Crippen molar-refractivity contribution in [2.24, 2.45) is 0 Å². The number of aromatic nitrogens is 2. The summed E-state index contributed by atoms with van der Waals surface area (Å²) in [6, 6.07) is 9.03. The summed E-state index contributed by atoms with van der Waals surface area (Å²) < 4.78 is 16.9. The highest BCUT2D eigenvalue weighted by atomic mass is 16.7. The van der Waals surface area contributed by atoms with E-state index >= 15 is 0 Å².